The average molecular weight is 399 g/mol. The second kappa shape index (κ2) is 7.21. The Labute approximate surface area is 164 Å². The Hall–Kier alpha value is -2.97. The molecule has 1 amide bonds. The second-order valence-electron chi connectivity index (χ2n) is 6.76. The van der Waals surface area contributed by atoms with Crippen molar-refractivity contribution in [3.63, 3.8) is 0 Å². The molecule has 0 bridgehead atoms. The minimum Gasteiger partial charge on any atom is -0.465 e. The molecule has 0 fully saturated rings. The lowest BCUT2D eigenvalue weighted by molar-refractivity contribution is -0.895. The molecule has 28 heavy (non-hydrogen) atoms. The highest BCUT2D eigenvalue weighted by atomic mass is 32.1. The highest BCUT2D eigenvalue weighted by Crippen LogP contribution is 2.35. The van der Waals surface area contributed by atoms with Crippen LogP contribution in [-0.4, -0.2) is 32.6 Å². The van der Waals surface area contributed by atoms with Crippen LogP contribution in [0.2, 0.25) is 0 Å². The quantitative estimate of drug-likeness (QED) is 0.651. The number of nitrogens with one attached hydrogen (secondary N) is 2. The lowest BCUT2D eigenvalue weighted by Gasteiger charge is -2.19. The van der Waals surface area contributed by atoms with Crippen molar-refractivity contribution in [2.75, 3.05) is 26.0 Å². The molecule has 0 saturated carbocycles. The molecule has 4 rings (SSSR count). The SMILES string of the molecule is COC(=O)c1c(NC(=O)c2cc(=O)c3ccccc3o2)sc2c1CC[NH+](C)C2. The molecule has 8 heteroatoms. The fourth-order valence-electron chi connectivity index (χ4n) is 3.41. The number of esters is 1. The van der Waals surface area contributed by atoms with Crippen LogP contribution in [0.25, 0.3) is 11.0 Å². The first-order valence-electron chi connectivity index (χ1n) is 8.86. The van der Waals surface area contributed by atoms with Crippen molar-refractivity contribution < 1.29 is 23.6 Å². The molecule has 2 N–H and O–H groups in total. The fourth-order valence-corrected chi connectivity index (χ4v) is 4.75. The molecular weight excluding hydrogens is 380 g/mol. The van der Waals surface area contributed by atoms with Gasteiger partial charge in [0.15, 0.2) is 11.2 Å². The smallest absolute Gasteiger partial charge is 0.341 e. The summed E-state index contributed by atoms with van der Waals surface area (Å²) in [5.74, 6) is -1.16. The van der Waals surface area contributed by atoms with Gasteiger partial charge < -0.3 is 19.4 Å². The maximum Gasteiger partial charge on any atom is 0.341 e. The first-order chi connectivity index (χ1) is 13.5. The predicted octanol–water partition coefficient (Wildman–Crippen LogP) is 1.46. The Morgan fingerprint density at radius 3 is 2.86 bits per heavy atom. The second-order valence-corrected chi connectivity index (χ2v) is 7.86. The van der Waals surface area contributed by atoms with Gasteiger partial charge in [0.05, 0.1) is 36.5 Å². The predicted molar refractivity (Wildman–Crippen MR) is 105 cm³/mol. The van der Waals surface area contributed by atoms with E-state index in [-0.39, 0.29) is 11.2 Å². The summed E-state index contributed by atoms with van der Waals surface area (Å²) in [5, 5.41) is 3.58. The molecule has 3 aromatic rings. The number of methoxy groups -OCH3 is 1. The topological polar surface area (TPSA) is 90.0 Å². The van der Waals surface area contributed by atoms with Crippen molar-refractivity contribution in [1.82, 2.24) is 0 Å². The van der Waals surface area contributed by atoms with Crippen molar-refractivity contribution in [2.24, 2.45) is 0 Å². The van der Waals surface area contributed by atoms with Crippen LogP contribution in [0.5, 0.6) is 0 Å². The third-order valence-corrected chi connectivity index (χ3v) is 5.98. The Morgan fingerprint density at radius 1 is 1.29 bits per heavy atom. The molecule has 0 saturated heterocycles. The number of amides is 1. The summed E-state index contributed by atoms with van der Waals surface area (Å²) in [6.45, 7) is 1.69. The van der Waals surface area contributed by atoms with E-state index in [4.69, 9.17) is 9.15 Å². The molecule has 1 aliphatic rings. The van der Waals surface area contributed by atoms with E-state index in [1.54, 1.807) is 24.3 Å². The lowest BCUT2D eigenvalue weighted by atomic mass is 10.0. The molecule has 1 aromatic carbocycles. The zero-order chi connectivity index (χ0) is 19.8. The van der Waals surface area contributed by atoms with Crippen LogP contribution in [0.4, 0.5) is 5.00 Å². The van der Waals surface area contributed by atoms with Gasteiger partial charge >= 0.3 is 5.97 Å². The van der Waals surface area contributed by atoms with Gasteiger partial charge in [0.25, 0.3) is 5.91 Å². The van der Waals surface area contributed by atoms with Crippen molar-refractivity contribution in [1.29, 1.82) is 0 Å². The number of rotatable bonds is 3. The van der Waals surface area contributed by atoms with Crippen LogP contribution >= 0.6 is 11.3 Å². The number of thiophene rings is 1. The van der Waals surface area contributed by atoms with Crippen LogP contribution in [0.15, 0.2) is 39.5 Å². The summed E-state index contributed by atoms with van der Waals surface area (Å²) in [6.07, 6.45) is 0.739. The minimum atomic E-state index is -0.577. The number of ether oxygens (including phenoxy) is 1. The van der Waals surface area contributed by atoms with E-state index < -0.39 is 11.9 Å². The summed E-state index contributed by atoms with van der Waals surface area (Å²) < 4.78 is 10.5. The monoisotopic (exact) mass is 399 g/mol. The summed E-state index contributed by atoms with van der Waals surface area (Å²) in [6, 6.07) is 7.91. The normalized spacial score (nSPS) is 15.9. The van der Waals surface area contributed by atoms with Gasteiger partial charge in [-0.15, -0.1) is 11.3 Å². The van der Waals surface area contributed by atoms with Gasteiger partial charge in [-0.3, -0.25) is 9.59 Å². The zero-order valence-corrected chi connectivity index (χ0v) is 16.3. The largest absolute Gasteiger partial charge is 0.465 e. The highest BCUT2D eigenvalue weighted by Gasteiger charge is 2.30. The van der Waals surface area contributed by atoms with Crippen LogP contribution in [0.1, 0.15) is 31.4 Å². The first kappa shape index (κ1) is 18.4. The summed E-state index contributed by atoms with van der Waals surface area (Å²) in [7, 11) is 3.41. The van der Waals surface area contributed by atoms with Crippen molar-refractivity contribution in [3.8, 4) is 0 Å². The zero-order valence-electron chi connectivity index (χ0n) is 15.5. The number of para-hydroxylation sites is 1. The lowest BCUT2D eigenvalue weighted by Crippen LogP contribution is -3.08. The molecule has 3 heterocycles. The van der Waals surface area contributed by atoms with E-state index >= 15 is 0 Å². The van der Waals surface area contributed by atoms with Crippen LogP contribution in [0.3, 0.4) is 0 Å². The summed E-state index contributed by atoms with van der Waals surface area (Å²) in [5.41, 5.74) is 1.36. The van der Waals surface area contributed by atoms with Crippen molar-refractivity contribution in [2.45, 2.75) is 13.0 Å². The van der Waals surface area contributed by atoms with E-state index in [9.17, 15) is 14.4 Å². The molecular formula is C20H19N2O5S+. The van der Waals surface area contributed by atoms with Gasteiger partial charge in [0.1, 0.15) is 17.1 Å². The number of hydrogen-bond acceptors (Lipinski definition) is 6. The number of hydrogen-bond donors (Lipinski definition) is 2. The maximum atomic E-state index is 12.8. The van der Waals surface area contributed by atoms with Crippen LogP contribution in [-0.2, 0) is 17.7 Å². The number of anilines is 1. The molecule has 0 radical (unpaired) electrons. The molecule has 1 unspecified atom stereocenters. The molecule has 144 valence electrons. The fraction of sp³-hybridized carbons (Fsp3) is 0.250. The van der Waals surface area contributed by atoms with E-state index in [1.165, 1.54) is 29.4 Å². The van der Waals surface area contributed by atoms with Gasteiger partial charge in [0, 0.05) is 12.5 Å². The number of quaternary nitrogens is 1. The van der Waals surface area contributed by atoms with E-state index in [0.717, 1.165) is 30.0 Å². The first-order valence-corrected chi connectivity index (χ1v) is 9.68. The molecule has 2 aromatic heterocycles. The summed E-state index contributed by atoms with van der Waals surface area (Å²) in [4.78, 5) is 39.8. The highest BCUT2D eigenvalue weighted by molar-refractivity contribution is 7.17. The summed E-state index contributed by atoms with van der Waals surface area (Å²) >= 11 is 1.37. The van der Waals surface area contributed by atoms with Gasteiger partial charge in [-0.1, -0.05) is 12.1 Å². The van der Waals surface area contributed by atoms with Gasteiger partial charge in [0.2, 0.25) is 0 Å². The van der Waals surface area contributed by atoms with Crippen molar-refractivity contribution in [3.05, 3.63) is 62.3 Å². The number of carbonyl (C=O) groups excluding carboxylic acids is 2. The Balaban J connectivity index is 1.72. The molecule has 0 spiro atoms. The molecule has 1 atom stereocenters. The third kappa shape index (κ3) is 3.21. The molecule has 0 aliphatic carbocycles. The number of likely N-dealkylation sites (N-methyl/N-ethyl adjacent to an activating group) is 1. The third-order valence-electron chi connectivity index (χ3n) is 4.83. The van der Waals surface area contributed by atoms with Gasteiger partial charge in [-0.05, 0) is 17.7 Å². The maximum absolute atomic E-state index is 12.8. The van der Waals surface area contributed by atoms with E-state index in [2.05, 4.69) is 12.4 Å². The standard InChI is InChI=1S/C20H18N2O5S/c1-22-8-7-12-16(10-22)28-19(17(12)20(25)26-2)21-18(24)15-9-13(23)11-5-3-4-6-14(11)27-15/h3-6,9H,7-8,10H2,1-2H3,(H,21,24)/p+1. The molecule has 7 nitrogen and oxygen atoms in total. The van der Waals surface area contributed by atoms with Gasteiger partial charge in [-0.25, -0.2) is 4.79 Å². The average Bonchev–Trinajstić information content (AvgIpc) is 3.04. The minimum absolute atomic E-state index is 0.103. The van der Waals surface area contributed by atoms with Crippen LogP contribution < -0.4 is 15.6 Å². The van der Waals surface area contributed by atoms with Gasteiger partial charge in [-0.2, -0.15) is 0 Å². The van der Waals surface area contributed by atoms with E-state index in [0.29, 0.717) is 21.5 Å². The number of benzene rings is 1. The number of fused-ring (bicyclic) bond motifs is 2. The van der Waals surface area contributed by atoms with E-state index in [1.807, 2.05) is 0 Å². The van der Waals surface area contributed by atoms with Crippen LogP contribution in [0, 0.1) is 0 Å². The Bertz CT molecular complexity index is 1150. The molecule has 1 aliphatic heterocycles. The Morgan fingerprint density at radius 2 is 2.07 bits per heavy atom. The number of carbonyl (C=O) groups is 2. The van der Waals surface area contributed by atoms with Crippen molar-refractivity contribution >= 4 is 39.2 Å². The Kier molecular flexibility index (Phi) is 4.74.